The van der Waals surface area contributed by atoms with Crippen LogP contribution in [-0.4, -0.2) is 34.3 Å². The van der Waals surface area contributed by atoms with Crippen molar-refractivity contribution in [2.45, 2.75) is 52.6 Å². The largest absolute Gasteiger partial charge is 0.478 e. The number of hydrogen-bond donors (Lipinski definition) is 2. The lowest BCUT2D eigenvalue weighted by Crippen LogP contribution is -2.39. The molecule has 3 aromatic carbocycles. The second-order valence-corrected chi connectivity index (χ2v) is 10.8. The second-order valence-electron chi connectivity index (χ2n) is 10.8. The van der Waals surface area contributed by atoms with Crippen LogP contribution in [0.25, 0.3) is 11.1 Å². The Labute approximate surface area is 223 Å². The van der Waals surface area contributed by atoms with Gasteiger partial charge in [0, 0.05) is 31.5 Å². The van der Waals surface area contributed by atoms with E-state index >= 15 is 0 Å². The summed E-state index contributed by atoms with van der Waals surface area (Å²) >= 11 is 0. The van der Waals surface area contributed by atoms with Crippen LogP contribution in [0, 0.1) is 18.8 Å². The number of rotatable bonds is 7. The van der Waals surface area contributed by atoms with E-state index < -0.39 is 5.97 Å². The van der Waals surface area contributed by atoms with Crippen LogP contribution < -0.4 is 5.32 Å². The van der Waals surface area contributed by atoms with E-state index in [9.17, 15) is 19.5 Å². The highest BCUT2D eigenvalue weighted by Crippen LogP contribution is 2.47. The number of carboxylic acid groups (broad SMARTS) is 1. The number of fused-ring (bicyclic) bond motifs is 1. The minimum absolute atomic E-state index is 0.00655. The maximum Gasteiger partial charge on any atom is 0.335 e. The Hall–Kier alpha value is -3.93. The summed E-state index contributed by atoms with van der Waals surface area (Å²) < 4.78 is 0. The molecule has 2 aliphatic rings. The molecule has 1 aliphatic heterocycles. The van der Waals surface area contributed by atoms with Gasteiger partial charge in [0.25, 0.3) is 0 Å². The molecule has 1 saturated carbocycles. The third-order valence-electron chi connectivity index (χ3n) is 7.98. The van der Waals surface area contributed by atoms with E-state index in [0.29, 0.717) is 26.1 Å². The van der Waals surface area contributed by atoms with E-state index in [4.69, 9.17) is 0 Å². The van der Waals surface area contributed by atoms with Gasteiger partial charge in [0.2, 0.25) is 11.8 Å². The van der Waals surface area contributed by atoms with Crippen LogP contribution in [0.2, 0.25) is 0 Å². The minimum Gasteiger partial charge on any atom is -0.478 e. The van der Waals surface area contributed by atoms with Crippen molar-refractivity contribution in [3.63, 3.8) is 0 Å². The van der Waals surface area contributed by atoms with Gasteiger partial charge < -0.3 is 15.3 Å². The van der Waals surface area contributed by atoms with Crippen molar-refractivity contribution >= 4 is 17.8 Å². The third kappa shape index (κ3) is 4.95. The Morgan fingerprint density at radius 3 is 2.45 bits per heavy atom. The zero-order chi connectivity index (χ0) is 27.0. The maximum atomic E-state index is 13.0. The highest BCUT2D eigenvalue weighted by Gasteiger charge is 2.43. The van der Waals surface area contributed by atoms with Crippen LogP contribution in [0.4, 0.5) is 0 Å². The minimum atomic E-state index is -0.944. The third-order valence-corrected chi connectivity index (χ3v) is 7.98. The number of benzene rings is 3. The SMILES string of the molecule is Cc1c(C(=O)O)cccc1-c1ccc(CNC(=O)C2CC2c2ccccc2)c2c1CCN(C(=O)C(C)C)C2. The smallest absolute Gasteiger partial charge is 0.335 e. The first-order valence-electron chi connectivity index (χ1n) is 13.3. The second kappa shape index (κ2) is 10.4. The highest BCUT2D eigenvalue weighted by molar-refractivity contribution is 5.92. The molecule has 2 N–H and O–H groups in total. The Balaban J connectivity index is 1.43. The first-order valence-corrected chi connectivity index (χ1v) is 13.3. The van der Waals surface area contributed by atoms with Gasteiger partial charge in [0.1, 0.15) is 0 Å². The molecule has 6 nitrogen and oxygen atoms in total. The average molecular weight is 511 g/mol. The summed E-state index contributed by atoms with van der Waals surface area (Å²) in [6.07, 6.45) is 1.54. The number of amides is 2. The lowest BCUT2D eigenvalue weighted by Gasteiger charge is -2.33. The molecule has 2 atom stereocenters. The van der Waals surface area contributed by atoms with Crippen molar-refractivity contribution in [2.75, 3.05) is 6.54 Å². The number of carbonyl (C=O) groups is 3. The van der Waals surface area contributed by atoms with E-state index in [1.54, 1.807) is 12.1 Å². The molecule has 0 aromatic heterocycles. The zero-order valence-corrected chi connectivity index (χ0v) is 22.2. The van der Waals surface area contributed by atoms with Gasteiger partial charge >= 0.3 is 5.97 Å². The van der Waals surface area contributed by atoms with Gasteiger partial charge in [0.15, 0.2) is 0 Å². The standard InChI is InChI=1S/C32H34N2O4/c1-19(2)31(36)34-15-14-26-25(23-10-7-11-24(20(23)3)32(37)38)13-12-22(29(26)18-34)17-33-30(35)28-16-27(28)21-8-5-4-6-9-21/h4-13,19,27-28H,14-18H2,1-3H3,(H,33,35)(H,37,38). The molecule has 2 unspecified atom stereocenters. The molecule has 1 fully saturated rings. The summed E-state index contributed by atoms with van der Waals surface area (Å²) in [6.45, 7) is 7.17. The van der Waals surface area contributed by atoms with Crippen molar-refractivity contribution < 1.29 is 19.5 Å². The van der Waals surface area contributed by atoms with Crippen molar-refractivity contribution in [3.8, 4) is 11.1 Å². The Kier molecular flexibility index (Phi) is 7.06. The van der Waals surface area contributed by atoms with E-state index in [1.807, 2.05) is 62.1 Å². The Morgan fingerprint density at radius 2 is 1.74 bits per heavy atom. The van der Waals surface area contributed by atoms with Gasteiger partial charge in [-0.05, 0) is 70.7 Å². The van der Waals surface area contributed by atoms with Gasteiger partial charge in [-0.1, -0.05) is 68.4 Å². The molecular weight excluding hydrogens is 476 g/mol. The molecule has 6 heteroatoms. The summed E-state index contributed by atoms with van der Waals surface area (Å²) in [6, 6.07) is 19.6. The molecule has 0 spiro atoms. The Bertz CT molecular complexity index is 1400. The number of nitrogens with one attached hydrogen (secondary N) is 1. The average Bonchev–Trinajstić information content (AvgIpc) is 3.73. The normalized spacial score (nSPS) is 18.2. The quantitative estimate of drug-likeness (QED) is 0.450. The van der Waals surface area contributed by atoms with Gasteiger partial charge in [-0.2, -0.15) is 0 Å². The number of hydrogen-bond acceptors (Lipinski definition) is 3. The van der Waals surface area contributed by atoms with Crippen LogP contribution in [0.15, 0.2) is 60.7 Å². The van der Waals surface area contributed by atoms with Gasteiger partial charge in [-0.15, -0.1) is 0 Å². The number of carboxylic acids is 1. The molecule has 0 bridgehead atoms. The molecule has 0 radical (unpaired) electrons. The van der Waals surface area contributed by atoms with Gasteiger partial charge in [0.05, 0.1) is 5.56 Å². The molecule has 5 rings (SSSR count). The first-order chi connectivity index (χ1) is 18.3. The fraction of sp³-hybridized carbons (Fsp3) is 0.344. The molecule has 1 aliphatic carbocycles. The molecule has 1 heterocycles. The number of nitrogens with zero attached hydrogens (tertiary/aromatic N) is 1. The predicted octanol–water partition coefficient (Wildman–Crippen LogP) is 5.32. The van der Waals surface area contributed by atoms with Crippen molar-refractivity contribution in [3.05, 3.63) is 94.0 Å². The van der Waals surface area contributed by atoms with Crippen molar-refractivity contribution in [1.82, 2.24) is 10.2 Å². The van der Waals surface area contributed by atoms with Gasteiger partial charge in [-0.25, -0.2) is 4.79 Å². The van der Waals surface area contributed by atoms with Crippen LogP contribution in [0.1, 0.15) is 64.4 Å². The van der Waals surface area contributed by atoms with Crippen LogP contribution in [0.3, 0.4) is 0 Å². The van der Waals surface area contributed by atoms with E-state index in [-0.39, 0.29) is 35.1 Å². The lowest BCUT2D eigenvalue weighted by atomic mass is 9.85. The number of aromatic carboxylic acids is 1. The van der Waals surface area contributed by atoms with Crippen molar-refractivity contribution in [2.24, 2.45) is 11.8 Å². The fourth-order valence-electron chi connectivity index (χ4n) is 5.74. The molecule has 0 saturated heterocycles. The number of carbonyl (C=O) groups excluding carboxylic acids is 2. The molecule has 3 aromatic rings. The summed E-state index contributed by atoms with van der Waals surface area (Å²) in [7, 11) is 0. The highest BCUT2D eigenvalue weighted by atomic mass is 16.4. The monoisotopic (exact) mass is 510 g/mol. The van der Waals surface area contributed by atoms with Gasteiger partial charge in [-0.3, -0.25) is 9.59 Å². The molecule has 38 heavy (non-hydrogen) atoms. The fourth-order valence-corrected chi connectivity index (χ4v) is 5.74. The van der Waals surface area contributed by atoms with Crippen molar-refractivity contribution in [1.29, 1.82) is 0 Å². The molecule has 196 valence electrons. The lowest BCUT2D eigenvalue weighted by molar-refractivity contribution is -0.135. The van der Waals surface area contributed by atoms with E-state index in [1.165, 1.54) is 5.56 Å². The summed E-state index contributed by atoms with van der Waals surface area (Å²) in [5.41, 5.74) is 7.30. The molecular formula is C32H34N2O4. The van der Waals surface area contributed by atoms with E-state index in [0.717, 1.165) is 39.8 Å². The van der Waals surface area contributed by atoms with Crippen LogP contribution >= 0.6 is 0 Å². The Morgan fingerprint density at radius 1 is 0.974 bits per heavy atom. The maximum absolute atomic E-state index is 13.0. The summed E-state index contributed by atoms with van der Waals surface area (Å²) in [5.74, 6) is -0.595. The summed E-state index contributed by atoms with van der Waals surface area (Å²) in [4.78, 5) is 39.5. The van der Waals surface area contributed by atoms with Crippen LogP contribution in [-0.2, 0) is 29.1 Å². The topological polar surface area (TPSA) is 86.7 Å². The summed E-state index contributed by atoms with van der Waals surface area (Å²) in [5, 5.41) is 12.8. The van der Waals surface area contributed by atoms with Crippen LogP contribution in [0.5, 0.6) is 0 Å². The predicted molar refractivity (Wildman–Crippen MR) is 147 cm³/mol. The van der Waals surface area contributed by atoms with E-state index in [2.05, 4.69) is 17.4 Å². The zero-order valence-electron chi connectivity index (χ0n) is 22.2. The molecule has 2 amide bonds. The first kappa shape index (κ1) is 25.7.